The van der Waals surface area contributed by atoms with Crippen LogP contribution in [0.2, 0.25) is 10.0 Å². The number of ether oxygens (including phenoxy) is 1. The normalized spacial score (nSPS) is 17.5. The average molecular weight is 332 g/mol. The van der Waals surface area contributed by atoms with Crippen molar-refractivity contribution in [2.24, 2.45) is 4.99 Å². The molecule has 6 heteroatoms. The second-order valence-electron chi connectivity index (χ2n) is 5.90. The van der Waals surface area contributed by atoms with Gasteiger partial charge in [0.15, 0.2) is 0 Å². The zero-order chi connectivity index (χ0) is 15.5. The van der Waals surface area contributed by atoms with Crippen LogP contribution in [0.1, 0.15) is 19.4 Å². The van der Waals surface area contributed by atoms with E-state index in [2.05, 4.69) is 18.8 Å². The number of benzene rings is 1. The second-order valence-corrected chi connectivity index (χ2v) is 6.74. The Kier molecular flexibility index (Phi) is 5.49. The van der Waals surface area contributed by atoms with E-state index in [9.17, 15) is 5.11 Å². The summed E-state index contributed by atoms with van der Waals surface area (Å²) in [7, 11) is 0. The maximum Gasteiger partial charge on any atom is 0.143 e. The number of phenols is 1. The number of phenolic OH excluding ortho intramolecular Hbond substituents is 1. The molecule has 1 aliphatic heterocycles. The van der Waals surface area contributed by atoms with Crippen LogP contribution in [0.15, 0.2) is 17.1 Å². The van der Waals surface area contributed by atoms with Crippen molar-refractivity contribution in [1.82, 2.24) is 0 Å². The van der Waals surface area contributed by atoms with E-state index in [1.807, 2.05) is 0 Å². The highest BCUT2D eigenvalue weighted by Crippen LogP contribution is 2.29. The summed E-state index contributed by atoms with van der Waals surface area (Å²) in [6.45, 7) is 8.63. The van der Waals surface area contributed by atoms with Crippen LogP contribution in [0.4, 0.5) is 0 Å². The summed E-state index contributed by atoms with van der Waals surface area (Å²) in [5, 5.41) is 10.6. The fourth-order valence-corrected chi connectivity index (χ4v) is 2.97. The Hall–Kier alpha value is -0.810. The number of rotatable bonds is 4. The van der Waals surface area contributed by atoms with E-state index in [1.165, 1.54) is 11.0 Å². The molecule has 0 radical (unpaired) electrons. The highest BCUT2D eigenvalue weighted by Gasteiger charge is 2.31. The lowest BCUT2D eigenvalue weighted by Gasteiger charge is -2.36. The molecule has 1 fully saturated rings. The molecule has 0 saturated carbocycles. The van der Waals surface area contributed by atoms with Gasteiger partial charge in [0.05, 0.1) is 24.8 Å². The molecule has 0 spiro atoms. The van der Waals surface area contributed by atoms with E-state index >= 15 is 0 Å². The number of quaternary nitrogens is 1. The summed E-state index contributed by atoms with van der Waals surface area (Å²) < 4.78 is 5.39. The van der Waals surface area contributed by atoms with Crippen LogP contribution in [0, 0.1) is 0 Å². The Morgan fingerprint density at radius 2 is 2.00 bits per heavy atom. The molecule has 4 nitrogen and oxygen atoms in total. The van der Waals surface area contributed by atoms with Gasteiger partial charge in [0.1, 0.15) is 24.4 Å². The first kappa shape index (κ1) is 16.6. The molecular formula is C15H21Cl2N2O2+. The van der Waals surface area contributed by atoms with Crippen molar-refractivity contribution in [2.75, 3.05) is 32.8 Å². The highest BCUT2D eigenvalue weighted by atomic mass is 35.5. The van der Waals surface area contributed by atoms with Gasteiger partial charge in [-0.1, -0.05) is 23.2 Å². The quantitative estimate of drug-likeness (QED) is 0.826. The number of aliphatic imine (C=N–C) groups is 1. The number of morpholine rings is 1. The van der Waals surface area contributed by atoms with Crippen molar-refractivity contribution >= 4 is 29.4 Å². The molecule has 0 aliphatic carbocycles. The maximum absolute atomic E-state index is 9.90. The topological polar surface area (TPSA) is 46.3 Å². The Balaban J connectivity index is 2.04. The Bertz CT molecular complexity index is 527. The molecular weight excluding hydrogens is 311 g/mol. The van der Waals surface area contributed by atoms with E-state index in [1.54, 1.807) is 12.3 Å². The summed E-state index contributed by atoms with van der Waals surface area (Å²) in [5.74, 6) is 0.0151. The van der Waals surface area contributed by atoms with Gasteiger partial charge < -0.3 is 14.7 Å². The van der Waals surface area contributed by atoms with Crippen LogP contribution < -0.4 is 4.90 Å². The van der Waals surface area contributed by atoms with E-state index in [0.717, 1.165) is 26.3 Å². The molecule has 1 aromatic carbocycles. The first-order valence-electron chi connectivity index (χ1n) is 7.01. The summed E-state index contributed by atoms with van der Waals surface area (Å²) in [4.78, 5) is 5.95. The predicted octanol–water partition coefficient (Wildman–Crippen LogP) is 1.81. The van der Waals surface area contributed by atoms with Gasteiger partial charge in [-0.3, -0.25) is 4.99 Å². The second kappa shape index (κ2) is 6.97. The Morgan fingerprint density at radius 1 is 1.33 bits per heavy atom. The van der Waals surface area contributed by atoms with E-state index in [0.29, 0.717) is 17.1 Å². The van der Waals surface area contributed by atoms with Gasteiger partial charge in [-0.2, -0.15) is 0 Å². The molecule has 0 amide bonds. The Morgan fingerprint density at radius 3 is 2.67 bits per heavy atom. The van der Waals surface area contributed by atoms with Crippen molar-refractivity contribution in [3.05, 3.63) is 27.7 Å². The minimum atomic E-state index is 0.0151. The van der Waals surface area contributed by atoms with Crippen LogP contribution in [-0.2, 0) is 4.74 Å². The molecule has 116 valence electrons. The van der Waals surface area contributed by atoms with Gasteiger partial charge in [0.25, 0.3) is 0 Å². The van der Waals surface area contributed by atoms with Gasteiger partial charge in [-0.15, -0.1) is 0 Å². The Labute approximate surface area is 135 Å². The SMILES string of the molecule is CC(C)(CN=Cc1cc(Cl)cc(Cl)c1O)[NH+]1CCOCC1. The number of halogens is 2. The van der Waals surface area contributed by atoms with Crippen molar-refractivity contribution in [1.29, 1.82) is 0 Å². The lowest BCUT2D eigenvalue weighted by atomic mass is 10.0. The molecule has 21 heavy (non-hydrogen) atoms. The molecule has 1 aliphatic rings. The summed E-state index contributed by atoms with van der Waals surface area (Å²) >= 11 is 11.8. The van der Waals surface area contributed by atoms with Crippen molar-refractivity contribution < 1.29 is 14.7 Å². The van der Waals surface area contributed by atoms with Crippen LogP contribution in [0.25, 0.3) is 0 Å². The van der Waals surface area contributed by atoms with Crippen molar-refractivity contribution in [3.8, 4) is 5.75 Å². The molecule has 0 bridgehead atoms. The molecule has 0 unspecified atom stereocenters. The molecule has 0 aromatic heterocycles. The van der Waals surface area contributed by atoms with Crippen LogP contribution in [0.5, 0.6) is 5.75 Å². The molecule has 1 saturated heterocycles. The summed E-state index contributed by atoms with van der Waals surface area (Å²) in [6.07, 6.45) is 1.63. The fraction of sp³-hybridized carbons (Fsp3) is 0.533. The van der Waals surface area contributed by atoms with E-state index in [-0.39, 0.29) is 16.3 Å². The standard InChI is InChI=1S/C15H20Cl2N2O2/c1-15(2,19-3-5-21-6-4-19)10-18-9-11-7-12(16)8-13(17)14(11)20/h7-9,20H,3-6,10H2,1-2H3/p+1. The highest BCUT2D eigenvalue weighted by molar-refractivity contribution is 6.36. The number of nitrogens with zero attached hydrogens (tertiary/aromatic N) is 1. The molecule has 2 N–H and O–H groups in total. The largest absolute Gasteiger partial charge is 0.506 e. The third kappa shape index (κ3) is 4.33. The molecule has 1 heterocycles. The molecule has 2 rings (SSSR count). The third-order valence-electron chi connectivity index (χ3n) is 3.83. The zero-order valence-electron chi connectivity index (χ0n) is 12.3. The van der Waals surface area contributed by atoms with Gasteiger partial charge in [0, 0.05) is 16.8 Å². The van der Waals surface area contributed by atoms with E-state index in [4.69, 9.17) is 27.9 Å². The molecule has 1 aromatic rings. The fourth-order valence-electron chi connectivity index (χ4n) is 2.46. The van der Waals surface area contributed by atoms with Gasteiger partial charge in [-0.05, 0) is 26.0 Å². The number of hydrogen-bond donors (Lipinski definition) is 2. The first-order valence-corrected chi connectivity index (χ1v) is 7.76. The van der Waals surface area contributed by atoms with Gasteiger partial charge >= 0.3 is 0 Å². The zero-order valence-corrected chi connectivity index (χ0v) is 13.8. The third-order valence-corrected chi connectivity index (χ3v) is 4.33. The first-order chi connectivity index (χ1) is 9.90. The molecule has 0 atom stereocenters. The average Bonchev–Trinajstić information content (AvgIpc) is 2.45. The monoisotopic (exact) mass is 331 g/mol. The lowest BCUT2D eigenvalue weighted by molar-refractivity contribution is -0.953. The van der Waals surface area contributed by atoms with Crippen molar-refractivity contribution in [2.45, 2.75) is 19.4 Å². The van der Waals surface area contributed by atoms with Gasteiger partial charge in [-0.25, -0.2) is 0 Å². The minimum absolute atomic E-state index is 0.0151. The van der Waals surface area contributed by atoms with Crippen LogP contribution >= 0.6 is 23.2 Å². The number of nitrogens with one attached hydrogen (secondary N) is 1. The predicted molar refractivity (Wildman–Crippen MR) is 86.2 cm³/mol. The number of hydrogen-bond acceptors (Lipinski definition) is 3. The summed E-state index contributed by atoms with van der Waals surface area (Å²) in [5.41, 5.74) is 0.568. The summed E-state index contributed by atoms with van der Waals surface area (Å²) in [6, 6.07) is 3.17. The minimum Gasteiger partial charge on any atom is -0.506 e. The van der Waals surface area contributed by atoms with Crippen LogP contribution in [0.3, 0.4) is 0 Å². The van der Waals surface area contributed by atoms with E-state index < -0.39 is 0 Å². The lowest BCUT2D eigenvalue weighted by Crippen LogP contribution is -3.21. The number of aromatic hydroxyl groups is 1. The van der Waals surface area contributed by atoms with Crippen LogP contribution in [-0.4, -0.2) is 49.7 Å². The van der Waals surface area contributed by atoms with Gasteiger partial charge in [0.2, 0.25) is 0 Å². The smallest absolute Gasteiger partial charge is 0.143 e. The van der Waals surface area contributed by atoms with Crippen molar-refractivity contribution in [3.63, 3.8) is 0 Å². The maximum atomic E-state index is 9.90.